The molecule has 0 aliphatic rings. The molecule has 0 radical (unpaired) electrons. The van der Waals surface area contributed by atoms with Crippen LogP contribution in [0, 0.1) is 0 Å². The van der Waals surface area contributed by atoms with Crippen LogP contribution in [-0.4, -0.2) is 16.6 Å². The van der Waals surface area contributed by atoms with E-state index in [9.17, 15) is 9.59 Å². The van der Waals surface area contributed by atoms with Crippen LogP contribution in [0.4, 0.5) is 0 Å². The zero-order valence-electron chi connectivity index (χ0n) is 20.4. The highest BCUT2D eigenvalue weighted by molar-refractivity contribution is 6.32. The molecule has 6 aromatic rings. The van der Waals surface area contributed by atoms with Crippen molar-refractivity contribution in [2.24, 2.45) is 0 Å². The molecule has 0 amide bonds. The quantitative estimate of drug-likeness (QED) is 0.195. The van der Waals surface area contributed by atoms with Crippen molar-refractivity contribution in [2.75, 3.05) is 0 Å². The fourth-order valence-corrected chi connectivity index (χ4v) is 4.89. The largest absolute Gasteiger partial charge is 0.436 e. The molecule has 1 heterocycles. The topological polar surface area (TPSA) is 60.2 Å². The molecule has 0 atom stereocenters. The highest BCUT2D eigenvalue weighted by atomic mass is 35.5. The number of carbonyl (C=O) groups is 2. The Labute approximate surface area is 234 Å². The number of halogens is 2. The van der Waals surface area contributed by atoms with Gasteiger partial charge in [-0.2, -0.15) is 0 Å². The number of oxazole rings is 1. The molecular weight excluding hydrogens is 529 g/mol. The summed E-state index contributed by atoms with van der Waals surface area (Å²) in [7, 11) is 0. The SMILES string of the molecule is O=C(c1ccccc1)c1cc(Cl)ccc1-c1ccc2oc(-c3ccc(Cl)cc3C(=O)c3ccccc3)nc2c1. The van der Waals surface area contributed by atoms with Crippen molar-refractivity contribution in [3.63, 3.8) is 0 Å². The van der Waals surface area contributed by atoms with Crippen LogP contribution in [0.2, 0.25) is 10.0 Å². The van der Waals surface area contributed by atoms with E-state index in [1.54, 1.807) is 60.7 Å². The Kier molecular flexibility index (Phi) is 6.57. The number of hydrogen-bond acceptors (Lipinski definition) is 4. The lowest BCUT2D eigenvalue weighted by molar-refractivity contribution is 0.103. The van der Waals surface area contributed by atoms with Crippen molar-refractivity contribution in [3.8, 4) is 22.6 Å². The van der Waals surface area contributed by atoms with Gasteiger partial charge in [0.25, 0.3) is 0 Å². The van der Waals surface area contributed by atoms with Crippen LogP contribution in [0.15, 0.2) is 120 Å². The van der Waals surface area contributed by atoms with Crippen molar-refractivity contribution in [2.45, 2.75) is 0 Å². The molecule has 188 valence electrons. The Morgan fingerprint density at radius 2 is 1.13 bits per heavy atom. The first-order chi connectivity index (χ1) is 19.0. The molecule has 5 aromatic carbocycles. The minimum absolute atomic E-state index is 0.126. The molecule has 6 heteroatoms. The molecule has 1 aromatic heterocycles. The van der Waals surface area contributed by atoms with Gasteiger partial charge in [0, 0.05) is 37.9 Å². The third kappa shape index (κ3) is 4.88. The van der Waals surface area contributed by atoms with Gasteiger partial charge in [0.1, 0.15) is 5.52 Å². The van der Waals surface area contributed by atoms with E-state index in [1.807, 2.05) is 54.6 Å². The van der Waals surface area contributed by atoms with E-state index in [4.69, 9.17) is 32.6 Å². The number of ketones is 2. The number of benzene rings is 5. The highest BCUT2D eigenvalue weighted by Crippen LogP contribution is 2.34. The molecular formula is C33H19Cl2NO3. The first-order valence-corrected chi connectivity index (χ1v) is 12.9. The Morgan fingerprint density at radius 3 is 1.72 bits per heavy atom. The summed E-state index contributed by atoms with van der Waals surface area (Å²) >= 11 is 12.5. The zero-order chi connectivity index (χ0) is 26.9. The molecule has 0 aliphatic heterocycles. The van der Waals surface area contributed by atoms with Crippen LogP contribution < -0.4 is 0 Å². The van der Waals surface area contributed by atoms with Crippen LogP contribution in [0.25, 0.3) is 33.7 Å². The van der Waals surface area contributed by atoms with Gasteiger partial charge in [-0.05, 0) is 53.6 Å². The fraction of sp³-hybridized carbons (Fsp3) is 0. The smallest absolute Gasteiger partial charge is 0.228 e. The molecule has 39 heavy (non-hydrogen) atoms. The van der Waals surface area contributed by atoms with Crippen LogP contribution in [0.1, 0.15) is 31.8 Å². The lowest BCUT2D eigenvalue weighted by atomic mass is 9.94. The molecule has 0 unspecified atom stereocenters. The Bertz CT molecular complexity index is 1760. The van der Waals surface area contributed by atoms with E-state index in [0.717, 1.165) is 11.1 Å². The maximum Gasteiger partial charge on any atom is 0.228 e. The second kappa shape index (κ2) is 10.3. The summed E-state index contributed by atoms with van der Waals surface area (Å²) in [4.78, 5) is 31.4. The molecule has 0 spiro atoms. The fourth-order valence-electron chi connectivity index (χ4n) is 4.55. The van der Waals surface area contributed by atoms with Gasteiger partial charge in [-0.25, -0.2) is 4.98 Å². The number of carbonyl (C=O) groups excluding carboxylic acids is 2. The summed E-state index contributed by atoms with van der Waals surface area (Å²) in [6.07, 6.45) is 0. The molecule has 6 rings (SSSR count). The number of fused-ring (bicyclic) bond motifs is 1. The van der Waals surface area contributed by atoms with E-state index in [1.165, 1.54) is 0 Å². The minimum atomic E-state index is -0.179. The predicted molar refractivity (Wildman–Crippen MR) is 155 cm³/mol. The average Bonchev–Trinajstić information content (AvgIpc) is 3.40. The van der Waals surface area contributed by atoms with Crippen LogP contribution >= 0.6 is 23.2 Å². The summed E-state index contributed by atoms with van der Waals surface area (Å²) in [6.45, 7) is 0. The first-order valence-electron chi connectivity index (χ1n) is 12.2. The van der Waals surface area contributed by atoms with Gasteiger partial charge in [-0.3, -0.25) is 9.59 Å². The number of aromatic nitrogens is 1. The lowest BCUT2D eigenvalue weighted by Gasteiger charge is -2.10. The van der Waals surface area contributed by atoms with E-state index in [-0.39, 0.29) is 11.6 Å². The van der Waals surface area contributed by atoms with Crippen molar-refractivity contribution in [1.82, 2.24) is 4.98 Å². The average molecular weight is 548 g/mol. The molecule has 0 bridgehead atoms. The molecule has 0 saturated heterocycles. The second-order valence-corrected chi connectivity index (χ2v) is 9.84. The van der Waals surface area contributed by atoms with Crippen LogP contribution in [0.3, 0.4) is 0 Å². The van der Waals surface area contributed by atoms with Gasteiger partial charge in [0.15, 0.2) is 17.1 Å². The number of nitrogens with zero attached hydrogens (tertiary/aromatic N) is 1. The standard InChI is InChI=1S/C33H19Cl2NO3/c34-23-12-14-25(27(18-23)31(37)20-7-3-1-4-8-20)22-11-16-30-29(17-22)36-33(39-30)26-15-13-24(35)19-28(26)32(38)21-9-5-2-6-10-21/h1-19H. The number of hydrogen-bond donors (Lipinski definition) is 0. The molecule has 0 saturated carbocycles. The second-order valence-electron chi connectivity index (χ2n) is 8.97. The third-order valence-corrected chi connectivity index (χ3v) is 6.92. The number of rotatable bonds is 6. The lowest BCUT2D eigenvalue weighted by Crippen LogP contribution is -2.03. The van der Waals surface area contributed by atoms with Gasteiger partial charge in [0.2, 0.25) is 5.89 Å². The summed E-state index contributed by atoms with van der Waals surface area (Å²) in [5.41, 5.74) is 5.19. The van der Waals surface area contributed by atoms with Gasteiger partial charge < -0.3 is 4.42 Å². The third-order valence-electron chi connectivity index (χ3n) is 6.45. The van der Waals surface area contributed by atoms with Crippen LogP contribution in [0.5, 0.6) is 0 Å². The van der Waals surface area contributed by atoms with Crippen molar-refractivity contribution in [3.05, 3.63) is 148 Å². The first kappa shape index (κ1) is 24.8. The minimum Gasteiger partial charge on any atom is -0.436 e. The summed E-state index contributed by atoms with van der Waals surface area (Å²) < 4.78 is 6.08. The van der Waals surface area contributed by atoms with Crippen molar-refractivity contribution < 1.29 is 14.0 Å². The van der Waals surface area contributed by atoms with E-state index in [0.29, 0.717) is 54.9 Å². The zero-order valence-corrected chi connectivity index (χ0v) is 21.9. The van der Waals surface area contributed by atoms with Gasteiger partial charge in [0.05, 0.1) is 0 Å². The summed E-state index contributed by atoms with van der Waals surface area (Å²) in [5.74, 6) is -0.00432. The maximum absolute atomic E-state index is 13.4. The van der Waals surface area contributed by atoms with E-state index < -0.39 is 0 Å². The Balaban J connectivity index is 1.43. The van der Waals surface area contributed by atoms with Crippen molar-refractivity contribution in [1.29, 1.82) is 0 Å². The molecule has 0 fully saturated rings. The molecule has 0 N–H and O–H groups in total. The van der Waals surface area contributed by atoms with Crippen LogP contribution in [-0.2, 0) is 0 Å². The Hall–Kier alpha value is -4.51. The maximum atomic E-state index is 13.4. The molecule has 0 aliphatic carbocycles. The van der Waals surface area contributed by atoms with Gasteiger partial charge in [-0.15, -0.1) is 0 Å². The van der Waals surface area contributed by atoms with Crippen molar-refractivity contribution >= 4 is 45.9 Å². The van der Waals surface area contributed by atoms with E-state index in [2.05, 4.69) is 0 Å². The molecule has 4 nitrogen and oxygen atoms in total. The van der Waals surface area contributed by atoms with E-state index >= 15 is 0 Å². The summed E-state index contributed by atoms with van der Waals surface area (Å²) in [5, 5.41) is 0.913. The van der Waals surface area contributed by atoms with Gasteiger partial charge >= 0.3 is 0 Å². The summed E-state index contributed by atoms with van der Waals surface area (Å²) in [6, 6.07) is 33.9. The Morgan fingerprint density at radius 1 is 0.590 bits per heavy atom. The van der Waals surface area contributed by atoms with Gasteiger partial charge in [-0.1, -0.05) is 96.0 Å². The predicted octanol–water partition coefficient (Wildman–Crippen LogP) is 8.93. The normalized spacial score (nSPS) is 11.0. The monoisotopic (exact) mass is 547 g/mol. The highest BCUT2D eigenvalue weighted by Gasteiger charge is 2.21.